The normalized spacial score (nSPS) is 17.7. The molecule has 1 saturated heterocycles. The molecule has 0 saturated carbocycles. The van der Waals surface area contributed by atoms with Crippen LogP contribution in [0.3, 0.4) is 0 Å². The molecule has 2 heteroatoms. The number of nitriles is 1. The Kier molecular flexibility index (Phi) is 1.95. The molecular weight excluding hydrogens is 198 g/mol. The maximum Gasteiger partial charge on any atom is 0.129 e. The number of nitrogens with zero attached hydrogens (tertiary/aromatic N) is 1. The summed E-state index contributed by atoms with van der Waals surface area (Å²) in [5.74, 6) is 0. The van der Waals surface area contributed by atoms with Crippen molar-refractivity contribution in [1.82, 2.24) is 0 Å². The summed E-state index contributed by atoms with van der Waals surface area (Å²) in [6, 6.07) is 16.7. The Hall–Kier alpha value is -1.85. The first-order chi connectivity index (χ1) is 7.86. The Labute approximate surface area is 94.1 Å². The zero-order valence-electron chi connectivity index (χ0n) is 8.81. The molecule has 1 aliphatic rings. The van der Waals surface area contributed by atoms with Gasteiger partial charge >= 0.3 is 0 Å². The van der Waals surface area contributed by atoms with Crippen LogP contribution >= 0.6 is 0 Å². The van der Waals surface area contributed by atoms with Gasteiger partial charge in [0.25, 0.3) is 0 Å². The predicted octanol–water partition coefficient (Wildman–Crippen LogP) is 2.63. The average Bonchev–Trinajstić information content (AvgIpc) is 2.29. The van der Waals surface area contributed by atoms with Gasteiger partial charge in [0.15, 0.2) is 0 Å². The highest BCUT2D eigenvalue weighted by Gasteiger charge is 2.41. The fourth-order valence-electron chi connectivity index (χ4n) is 2.23. The third kappa shape index (κ3) is 1.16. The molecule has 0 unspecified atom stereocenters. The molecule has 0 N–H and O–H groups in total. The van der Waals surface area contributed by atoms with E-state index in [9.17, 15) is 5.26 Å². The molecule has 2 aromatic carbocycles. The van der Waals surface area contributed by atoms with Gasteiger partial charge in [0, 0.05) is 0 Å². The molecule has 0 bridgehead atoms. The van der Waals surface area contributed by atoms with E-state index in [0.717, 1.165) is 10.9 Å². The standard InChI is InChI=1S/C14H11NO/c15-8-14(9-16-10-14)13-7-3-5-11-4-1-2-6-12(11)13/h1-7H,9-10H2. The summed E-state index contributed by atoms with van der Waals surface area (Å²) in [6.07, 6.45) is 0. The van der Waals surface area contributed by atoms with Gasteiger partial charge in [-0.3, -0.25) is 0 Å². The van der Waals surface area contributed by atoms with E-state index in [-0.39, 0.29) is 0 Å². The van der Waals surface area contributed by atoms with E-state index in [2.05, 4.69) is 24.3 Å². The molecule has 1 fully saturated rings. The van der Waals surface area contributed by atoms with Crippen LogP contribution < -0.4 is 0 Å². The quantitative estimate of drug-likeness (QED) is 0.723. The molecule has 16 heavy (non-hydrogen) atoms. The molecule has 2 aromatic rings. The van der Waals surface area contributed by atoms with Gasteiger partial charge in [-0.2, -0.15) is 5.26 Å². The van der Waals surface area contributed by atoms with Crippen LogP contribution in [0, 0.1) is 11.3 Å². The van der Waals surface area contributed by atoms with Gasteiger partial charge in [0.1, 0.15) is 5.41 Å². The van der Waals surface area contributed by atoms with E-state index >= 15 is 0 Å². The molecule has 0 atom stereocenters. The first kappa shape index (κ1) is 9.38. The molecule has 1 aliphatic heterocycles. The fourth-order valence-corrected chi connectivity index (χ4v) is 2.23. The lowest BCUT2D eigenvalue weighted by atomic mass is 9.78. The summed E-state index contributed by atoms with van der Waals surface area (Å²) in [5.41, 5.74) is 0.667. The Bertz CT molecular complexity index is 573. The van der Waals surface area contributed by atoms with E-state index in [1.165, 1.54) is 5.39 Å². The number of hydrogen-bond donors (Lipinski definition) is 0. The lowest BCUT2D eigenvalue weighted by Gasteiger charge is -2.36. The van der Waals surface area contributed by atoms with E-state index < -0.39 is 5.41 Å². The lowest BCUT2D eigenvalue weighted by Crippen LogP contribution is -2.45. The van der Waals surface area contributed by atoms with Crippen LogP contribution in [0.25, 0.3) is 10.8 Å². The van der Waals surface area contributed by atoms with Crippen molar-refractivity contribution in [3.8, 4) is 6.07 Å². The zero-order valence-corrected chi connectivity index (χ0v) is 8.81. The number of rotatable bonds is 1. The smallest absolute Gasteiger partial charge is 0.129 e. The van der Waals surface area contributed by atoms with E-state index in [1.54, 1.807) is 0 Å². The maximum absolute atomic E-state index is 9.32. The topological polar surface area (TPSA) is 33.0 Å². The molecule has 3 rings (SSSR count). The van der Waals surface area contributed by atoms with Crippen molar-refractivity contribution >= 4 is 10.8 Å². The summed E-state index contributed by atoms with van der Waals surface area (Å²) in [6.45, 7) is 1.02. The lowest BCUT2D eigenvalue weighted by molar-refractivity contribution is -0.0291. The van der Waals surface area contributed by atoms with E-state index in [4.69, 9.17) is 4.74 Å². The minimum atomic E-state index is -0.430. The molecule has 1 heterocycles. The largest absolute Gasteiger partial charge is 0.377 e. The first-order valence-corrected chi connectivity index (χ1v) is 5.33. The zero-order chi connectivity index (χ0) is 11.0. The van der Waals surface area contributed by atoms with Gasteiger partial charge < -0.3 is 4.74 Å². The molecule has 0 aromatic heterocycles. The monoisotopic (exact) mass is 209 g/mol. The summed E-state index contributed by atoms with van der Waals surface area (Å²) in [4.78, 5) is 0. The minimum Gasteiger partial charge on any atom is -0.377 e. The third-order valence-corrected chi connectivity index (χ3v) is 3.22. The Balaban J connectivity index is 2.28. The van der Waals surface area contributed by atoms with Crippen LogP contribution in [0.5, 0.6) is 0 Å². The van der Waals surface area contributed by atoms with Crippen LogP contribution in [-0.2, 0) is 10.2 Å². The van der Waals surface area contributed by atoms with Gasteiger partial charge in [0.05, 0.1) is 19.3 Å². The number of benzene rings is 2. The fraction of sp³-hybridized carbons (Fsp3) is 0.214. The molecule has 78 valence electrons. The first-order valence-electron chi connectivity index (χ1n) is 5.33. The van der Waals surface area contributed by atoms with Gasteiger partial charge in [0.2, 0.25) is 0 Å². The highest BCUT2D eigenvalue weighted by molar-refractivity contribution is 5.87. The summed E-state index contributed by atoms with van der Waals surface area (Å²) in [7, 11) is 0. The van der Waals surface area contributed by atoms with Crippen LogP contribution in [0.2, 0.25) is 0 Å². The van der Waals surface area contributed by atoms with Gasteiger partial charge in [-0.25, -0.2) is 0 Å². The van der Waals surface area contributed by atoms with E-state index in [1.807, 2.05) is 24.3 Å². The number of hydrogen-bond acceptors (Lipinski definition) is 2. The van der Waals surface area contributed by atoms with Crippen molar-refractivity contribution in [1.29, 1.82) is 5.26 Å². The molecule has 0 radical (unpaired) electrons. The Morgan fingerprint density at radius 2 is 1.81 bits per heavy atom. The second kappa shape index (κ2) is 3.33. The molecule has 0 aliphatic carbocycles. The highest BCUT2D eigenvalue weighted by Crippen LogP contribution is 2.35. The van der Waals surface area contributed by atoms with E-state index in [0.29, 0.717) is 13.2 Å². The molecule has 0 amide bonds. The highest BCUT2D eigenvalue weighted by atomic mass is 16.5. The van der Waals surface area contributed by atoms with Gasteiger partial charge in [-0.1, -0.05) is 42.5 Å². The van der Waals surface area contributed by atoms with Crippen molar-refractivity contribution < 1.29 is 4.74 Å². The van der Waals surface area contributed by atoms with Crippen molar-refractivity contribution in [3.05, 3.63) is 48.0 Å². The van der Waals surface area contributed by atoms with Crippen molar-refractivity contribution in [3.63, 3.8) is 0 Å². The summed E-state index contributed by atoms with van der Waals surface area (Å²) < 4.78 is 5.21. The predicted molar refractivity (Wildman–Crippen MR) is 62.1 cm³/mol. The van der Waals surface area contributed by atoms with Crippen LogP contribution in [0.15, 0.2) is 42.5 Å². The van der Waals surface area contributed by atoms with Crippen molar-refractivity contribution in [2.75, 3.05) is 13.2 Å². The second-order valence-electron chi connectivity index (χ2n) is 4.21. The van der Waals surface area contributed by atoms with Crippen molar-refractivity contribution in [2.24, 2.45) is 0 Å². The summed E-state index contributed by atoms with van der Waals surface area (Å²) >= 11 is 0. The van der Waals surface area contributed by atoms with Gasteiger partial charge in [-0.05, 0) is 16.3 Å². The van der Waals surface area contributed by atoms with Crippen LogP contribution in [0.4, 0.5) is 0 Å². The molecule has 2 nitrogen and oxygen atoms in total. The summed E-state index contributed by atoms with van der Waals surface area (Å²) in [5, 5.41) is 11.7. The Morgan fingerprint density at radius 3 is 2.50 bits per heavy atom. The second-order valence-corrected chi connectivity index (χ2v) is 4.21. The average molecular weight is 209 g/mol. The maximum atomic E-state index is 9.32. The van der Waals surface area contributed by atoms with Crippen LogP contribution in [-0.4, -0.2) is 13.2 Å². The van der Waals surface area contributed by atoms with Crippen LogP contribution in [0.1, 0.15) is 5.56 Å². The number of ether oxygens (including phenoxy) is 1. The molecular formula is C14H11NO. The number of fused-ring (bicyclic) bond motifs is 1. The van der Waals surface area contributed by atoms with Gasteiger partial charge in [-0.15, -0.1) is 0 Å². The Morgan fingerprint density at radius 1 is 1.06 bits per heavy atom. The SMILES string of the molecule is N#CC1(c2cccc3ccccc23)COC1. The molecule has 0 spiro atoms. The van der Waals surface area contributed by atoms with Crippen molar-refractivity contribution in [2.45, 2.75) is 5.41 Å². The minimum absolute atomic E-state index is 0.430. The third-order valence-electron chi connectivity index (χ3n) is 3.22.